The Hall–Kier alpha value is -0.240. The number of carbonyl (C=O) groups excluding carboxylic acids is 1. The molecule has 0 amide bonds. The van der Waals surface area contributed by atoms with Crippen LogP contribution in [0.3, 0.4) is 0 Å². The summed E-state index contributed by atoms with van der Waals surface area (Å²) in [6, 6.07) is 3.40. The van der Waals surface area contributed by atoms with Gasteiger partial charge in [0, 0.05) is 5.56 Å². The molecule has 4 heteroatoms. The van der Waals surface area contributed by atoms with Crippen LogP contribution >= 0.6 is 34.8 Å². The quantitative estimate of drug-likeness (QED) is 0.566. The highest BCUT2D eigenvalue weighted by molar-refractivity contribution is 6.45. The lowest BCUT2D eigenvalue weighted by Crippen LogP contribution is -2.04. The minimum atomic E-state index is -0.202. The van der Waals surface area contributed by atoms with Gasteiger partial charge in [0.1, 0.15) is 0 Å². The number of aryl methyl sites for hydroxylation is 1. The fourth-order valence-electron chi connectivity index (χ4n) is 1.06. The molecule has 1 rings (SSSR count). The van der Waals surface area contributed by atoms with Crippen molar-refractivity contribution in [3.8, 4) is 0 Å². The van der Waals surface area contributed by atoms with Gasteiger partial charge in [-0.25, -0.2) is 0 Å². The Morgan fingerprint density at radius 2 is 2.00 bits per heavy atom. The third-order valence-electron chi connectivity index (χ3n) is 1.70. The summed E-state index contributed by atoms with van der Waals surface area (Å²) >= 11 is 17.1. The van der Waals surface area contributed by atoms with Gasteiger partial charge in [0.2, 0.25) is 0 Å². The fourth-order valence-corrected chi connectivity index (χ4v) is 1.66. The molecule has 70 valence electrons. The van der Waals surface area contributed by atoms with Crippen LogP contribution in [0.2, 0.25) is 10.0 Å². The second-order valence-electron chi connectivity index (χ2n) is 2.61. The lowest BCUT2D eigenvalue weighted by Gasteiger charge is -2.06. The van der Waals surface area contributed by atoms with Crippen molar-refractivity contribution in [2.75, 3.05) is 5.88 Å². The predicted octanol–water partition coefficient (Wildman–Crippen LogP) is 3.72. The van der Waals surface area contributed by atoms with Crippen LogP contribution < -0.4 is 0 Å². The maximum Gasteiger partial charge on any atom is 0.179 e. The van der Waals surface area contributed by atoms with Crippen LogP contribution in [-0.2, 0) is 0 Å². The van der Waals surface area contributed by atoms with Gasteiger partial charge in [-0.1, -0.05) is 29.3 Å². The van der Waals surface area contributed by atoms with E-state index in [9.17, 15) is 4.79 Å². The van der Waals surface area contributed by atoms with E-state index < -0.39 is 0 Å². The largest absolute Gasteiger partial charge is 0.293 e. The van der Waals surface area contributed by atoms with Crippen molar-refractivity contribution in [1.82, 2.24) is 0 Å². The maximum absolute atomic E-state index is 11.3. The zero-order chi connectivity index (χ0) is 10.0. The lowest BCUT2D eigenvalue weighted by atomic mass is 10.1. The van der Waals surface area contributed by atoms with E-state index in [1.54, 1.807) is 19.1 Å². The summed E-state index contributed by atoms with van der Waals surface area (Å²) in [4.78, 5) is 11.3. The normalized spacial score (nSPS) is 10.2. The molecule has 0 radical (unpaired) electrons. The van der Waals surface area contributed by atoms with Gasteiger partial charge in [0.15, 0.2) is 5.78 Å². The minimum Gasteiger partial charge on any atom is -0.293 e. The number of hydrogen-bond donors (Lipinski definition) is 0. The Morgan fingerprint density at radius 1 is 1.38 bits per heavy atom. The summed E-state index contributed by atoms with van der Waals surface area (Å²) in [5.41, 5.74) is 1.21. The molecule has 0 N–H and O–H groups in total. The van der Waals surface area contributed by atoms with Crippen LogP contribution in [0.4, 0.5) is 0 Å². The molecule has 13 heavy (non-hydrogen) atoms. The second kappa shape index (κ2) is 4.32. The van der Waals surface area contributed by atoms with Gasteiger partial charge in [0.05, 0.1) is 15.9 Å². The first-order valence-corrected chi connectivity index (χ1v) is 4.90. The molecule has 0 atom stereocenters. The number of Topliss-reactive ketones (excluding diaryl/α,β-unsaturated/α-hetero) is 1. The molecule has 0 heterocycles. The van der Waals surface area contributed by atoms with Crippen LogP contribution in [-0.4, -0.2) is 11.7 Å². The number of halogens is 3. The van der Waals surface area contributed by atoms with Gasteiger partial charge in [-0.05, 0) is 18.6 Å². The zero-order valence-electron chi connectivity index (χ0n) is 6.90. The van der Waals surface area contributed by atoms with Crippen molar-refractivity contribution in [1.29, 1.82) is 0 Å². The second-order valence-corrected chi connectivity index (χ2v) is 3.66. The average molecular weight is 238 g/mol. The molecular formula is C9H7Cl3O. The van der Waals surface area contributed by atoms with Gasteiger partial charge >= 0.3 is 0 Å². The number of benzene rings is 1. The van der Waals surface area contributed by atoms with E-state index in [1.807, 2.05) is 0 Å². The fraction of sp³-hybridized carbons (Fsp3) is 0.222. The molecule has 0 aliphatic heterocycles. The highest BCUT2D eigenvalue weighted by atomic mass is 35.5. The first-order valence-electron chi connectivity index (χ1n) is 3.61. The van der Waals surface area contributed by atoms with Gasteiger partial charge in [-0.15, -0.1) is 11.6 Å². The average Bonchev–Trinajstić information content (AvgIpc) is 2.12. The van der Waals surface area contributed by atoms with E-state index in [4.69, 9.17) is 34.8 Å². The highest BCUT2D eigenvalue weighted by Crippen LogP contribution is 2.28. The van der Waals surface area contributed by atoms with E-state index in [-0.39, 0.29) is 16.7 Å². The number of alkyl halides is 1. The first-order chi connectivity index (χ1) is 6.07. The highest BCUT2D eigenvalue weighted by Gasteiger charge is 2.14. The molecule has 0 aliphatic rings. The van der Waals surface area contributed by atoms with Crippen LogP contribution in [0.25, 0.3) is 0 Å². The monoisotopic (exact) mass is 236 g/mol. The van der Waals surface area contributed by atoms with E-state index in [1.165, 1.54) is 0 Å². The van der Waals surface area contributed by atoms with E-state index >= 15 is 0 Å². The predicted molar refractivity (Wildman–Crippen MR) is 56.2 cm³/mol. The topological polar surface area (TPSA) is 17.1 Å². The van der Waals surface area contributed by atoms with Gasteiger partial charge in [-0.2, -0.15) is 0 Å². The SMILES string of the molecule is Cc1ccc(Cl)c(Cl)c1C(=O)CCl. The molecule has 0 bridgehead atoms. The first kappa shape index (κ1) is 10.8. The molecule has 0 aromatic heterocycles. The smallest absolute Gasteiger partial charge is 0.179 e. The molecule has 1 nitrogen and oxygen atoms in total. The summed E-state index contributed by atoms with van der Waals surface area (Å²) < 4.78 is 0. The molecule has 0 saturated carbocycles. The van der Waals surface area contributed by atoms with Crippen molar-refractivity contribution in [3.63, 3.8) is 0 Å². The standard InChI is InChI=1S/C9H7Cl3O/c1-5-2-3-6(11)9(12)8(5)7(13)4-10/h2-3H,4H2,1H3. The van der Waals surface area contributed by atoms with Gasteiger partial charge in [-0.3, -0.25) is 4.79 Å². The summed E-state index contributed by atoms with van der Waals surface area (Å²) in [6.45, 7) is 1.79. The molecule has 0 aliphatic carbocycles. The molecule has 1 aromatic carbocycles. The third-order valence-corrected chi connectivity index (χ3v) is 2.75. The van der Waals surface area contributed by atoms with Gasteiger partial charge in [0.25, 0.3) is 0 Å². The number of carbonyl (C=O) groups is 1. The van der Waals surface area contributed by atoms with Crippen LogP contribution in [0.5, 0.6) is 0 Å². The van der Waals surface area contributed by atoms with Crippen LogP contribution in [0.15, 0.2) is 12.1 Å². The van der Waals surface area contributed by atoms with Crippen molar-refractivity contribution in [2.45, 2.75) is 6.92 Å². The molecule has 0 saturated heterocycles. The zero-order valence-corrected chi connectivity index (χ0v) is 9.17. The Balaban J connectivity index is 3.33. The Kier molecular flexibility index (Phi) is 3.60. The van der Waals surface area contributed by atoms with Crippen molar-refractivity contribution >= 4 is 40.6 Å². The molecule has 0 fully saturated rings. The van der Waals surface area contributed by atoms with Crippen molar-refractivity contribution in [3.05, 3.63) is 33.3 Å². The molecule has 0 spiro atoms. The minimum absolute atomic E-state index is 0.0824. The van der Waals surface area contributed by atoms with E-state index in [2.05, 4.69) is 0 Å². The summed E-state index contributed by atoms with van der Waals surface area (Å²) in [5, 5.41) is 0.660. The maximum atomic E-state index is 11.3. The van der Waals surface area contributed by atoms with E-state index in [0.29, 0.717) is 10.6 Å². The van der Waals surface area contributed by atoms with Gasteiger partial charge < -0.3 is 0 Å². The Labute approximate surface area is 91.6 Å². The number of hydrogen-bond acceptors (Lipinski definition) is 1. The Bertz CT molecular complexity index is 347. The number of rotatable bonds is 2. The summed E-state index contributed by atoms with van der Waals surface area (Å²) in [7, 11) is 0. The number of ketones is 1. The molecule has 1 aromatic rings. The lowest BCUT2D eigenvalue weighted by molar-refractivity contribution is 0.102. The Morgan fingerprint density at radius 3 is 2.54 bits per heavy atom. The third kappa shape index (κ3) is 2.16. The van der Waals surface area contributed by atoms with Crippen LogP contribution in [0.1, 0.15) is 15.9 Å². The van der Waals surface area contributed by atoms with E-state index in [0.717, 1.165) is 5.56 Å². The molecule has 0 unspecified atom stereocenters. The molecular weight excluding hydrogens is 230 g/mol. The van der Waals surface area contributed by atoms with Crippen LogP contribution in [0, 0.1) is 6.92 Å². The van der Waals surface area contributed by atoms with Crippen molar-refractivity contribution < 1.29 is 4.79 Å². The summed E-state index contributed by atoms with van der Waals surface area (Å²) in [6.07, 6.45) is 0. The van der Waals surface area contributed by atoms with Crippen molar-refractivity contribution in [2.24, 2.45) is 0 Å². The summed E-state index contributed by atoms with van der Waals surface area (Å²) in [5.74, 6) is -0.285.